The molecule has 0 saturated carbocycles. The van der Waals surface area contributed by atoms with Crippen molar-refractivity contribution in [3.63, 3.8) is 0 Å². The third kappa shape index (κ3) is 6.50. The van der Waals surface area contributed by atoms with Gasteiger partial charge in [0.25, 0.3) is 0 Å². The Morgan fingerprint density at radius 1 is 1.00 bits per heavy atom. The van der Waals surface area contributed by atoms with Gasteiger partial charge >= 0.3 is 5.97 Å². The number of hydrogen-bond donors (Lipinski definition) is 1. The lowest BCUT2D eigenvalue weighted by Gasteiger charge is -2.20. The number of aryl methyl sites for hydroxylation is 1. The molecule has 3 rings (SSSR count). The molecule has 6 nitrogen and oxygen atoms in total. The number of esters is 1. The Labute approximate surface area is 191 Å². The van der Waals surface area contributed by atoms with Crippen molar-refractivity contribution in [2.45, 2.75) is 31.2 Å². The summed E-state index contributed by atoms with van der Waals surface area (Å²) < 4.78 is 32.3. The van der Waals surface area contributed by atoms with Crippen molar-refractivity contribution in [2.24, 2.45) is 0 Å². The van der Waals surface area contributed by atoms with Crippen LogP contribution in [0.1, 0.15) is 30.5 Å². The number of methoxy groups -OCH3 is 1. The Kier molecular flexibility index (Phi) is 8.56. The van der Waals surface area contributed by atoms with E-state index in [1.807, 2.05) is 67.6 Å². The van der Waals surface area contributed by atoms with Crippen LogP contribution in [0.25, 0.3) is 0 Å². The fourth-order valence-electron chi connectivity index (χ4n) is 3.07. The van der Waals surface area contributed by atoms with Crippen molar-refractivity contribution < 1.29 is 23.6 Å². The number of hydrogen-bond acceptors (Lipinski definition) is 6. The van der Waals surface area contributed by atoms with Crippen molar-refractivity contribution in [1.82, 2.24) is 4.72 Å². The van der Waals surface area contributed by atoms with E-state index in [4.69, 9.17) is 14.2 Å². The van der Waals surface area contributed by atoms with Crippen LogP contribution in [-0.4, -0.2) is 24.2 Å². The van der Waals surface area contributed by atoms with Crippen molar-refractivity contribution in [3.05, 3.63) is 83.9 Å². The van der Waals surface area contributed by atoms with E-state index < -0.39 is 17.4 Å². The molecule has 0 radical (unpaired) electrons. The van der Waals surface area contributed by atoms with Crippen LogP contribution in [0, 0.1) is 6.92 Å². The molecule has 1 N–H and O–H groups in total. The molecule has 2 atom stereocenters. The summed E-state index contributed by atoms with van der Waals surface area (Å²) in [6.07, 6.45) is 0.0537. The van der Waals surface area contributed by atoms with Crippen molar-refractivity contribution in [3.8, 4) is 17.2 Å². The topological polar surface area (TPSA) is 79.9 Å². The standard InChI is InChI=1S/C25H27NO5S/c1-4-30-25(27)17-22(26-32(28)21-15-9-18(2)10-16-21)19-11-13-20(14-12-19)31-24-8-6-5-7-23(24)29-3/h5-16,22,26H,4,17H2,1-3H3/t22-,32?/m0/s1. The minimum atomic E-state index is -1.49. The van der Waals surface area contributed by atoms with Gasteiger partial charge in [-0.2, -0.15) is 0 Å². The van der Waals surface area contributed by atoms with Crippen LogP contribution in [0.5, 0.6) is 17.2 Å². The summed E-state index contributed by atoms with van der Waals surface area (Å²) >= 11 is -1.49. The molecule has 0 bridgehead atoms. The van der Waals surface area contributed by atoms with Crippen LogP contribution in [0.2, 0.25) is 0 Å². The van der Waals surface area contributed by atoms with Crippen LogP contribution in [-0.2, 0) is 20.9 Å². The molecule has 0 aliphatic heterocycles. The summed E-state index contributed by atoms with van der Waals surface area (Å²) in [4.78, 5) is 12.8. The molecule has 0 aliphatic rings. The summed E-state index contributed by atoms with van der Waals surface area (Å²) in [6, 6.07) is 21.6. The molecule has 32 heavy (non-hydrogen) atoms. The molecule has 1 unspecified atom stereocenters. The number of para-hydroxylation sites is 2. The highest BCUT2D eigenvalue weighted by Gasteiger charge is 2.24. The summed E-state index contributed by atoms with van der Waals surface area (Å²) in [7, 11) is 1.59. The molecule has 3 aromatic rings. The van der Waals surface area contributed by atoms with E-state index in [0.717, 1.165) is 11.1 Å². The molecule has 0 aromatic heterocycles. The average molecular weight is 454 g/mol. The third-order valence-electron chi connectivity index (χ3n) is 4.74. The average Bonchev–Trinajstić information content (AvgIpc) is 2.80. The van der Waals surface area contributed by atoms with Gasteiger partial charge in [-0.05, 0) is 55.8 Å². The monoisotopic (exact) mass is 453 g/mol. The highest BCUT2D eigenvalue weighted by molar-refractivity contribution is 7.89. The first-order valence-electron chi connectivity index (χ1n) is 10.3. The molecule has 0 aliphatic carbocycles. The fourth-order valence-corrected chi connectivity index (χ4v) is 4.07. The molecule has 3 aromatic carbocycles. The van der Waals surface area contributed by atoms with Crippen LogP contribution in [0.4, 0.5) is 0 Å². The van der Waals surface area contributed by atoms with Crippen molar-refractivity contribution in [1.29, 1.82) is 0 Å². The van der Waals surface area contributed by atoms with Gasteiger partial charge in [0.05, 0.1) is 37.5 Å². The lowest BCUT2D eigenvalue weighted by atomic mass is 10.0. The van der Waals surface area contributed by atoms with Gasteiger partial charge < -0.3 is 18.8 Å². The molecule has 0 heterocycles. The lowest BCUT2D eigenvalue weighted by molar-refractivity contribution is -0.143. The summed E-state index contributed by atoms with van der Waals surface area (Å²) in [5, 5.41) is 0. The quantitative estimate of drug-likeness (QED) is 0.340. The summed E-state index contributed by atoms with van der Waals surface area (Å²) in [6.45, 7) is 4.02. The number of nitrogens with one attached hydrogen (secondary N) is 1. The number of carbonyl (C=O) groups is 1. The molecule has 0 amide bonds. The molecule has 0 saturated heterocycles. The van der Waals surface area contributed by atoms with Crippen LogP contribution < -0.4 is 14.2 Å². The normalized spacial score (nSPS) is 12.6. The second-order valence-corrected chi connectivity index (χ2v) is 8.33. The van der Waals surface area contributed by atoms with Crippen molar-refractivity contribution >= 4 is 17.3 Å². The molecule has 0 fully saturated rings. The van der Waals surface area contributed by atoms with E-state index in [1.54, 1.807) is 26.2 Å². The zero-order valence-corrected chi connectivity index (χ0v) is 19.2. The highest BCUT2D eigenvalue weighted by Crippen LogP contribution is 2.32. The van der Waals surface area contributed by atoms with Gasteiger partial charge in [-0.15, -0.1) is 4.72 Å². The van der Waals surface area contributed by atoms with Gasteiger partial charge in [0.1, 0.15) is 5.75 Å². The zero-order chi connectivity index (χ0) is 22.9. The van der Waals surface area contributed by atoms with Crippen molar-refractivity contribution in [2.75, 3.05) is 13.7 Å². The summed E-state index contributed by atoms with van der Waals surface area (Å²) in [5.74, 6) is 1.49. The second-order valence-electron chi connectivity index (χ2n) is 7.08. The van der Waals surface area contributed by atoms with Gasteiger partial charge in [0.15, 0.2) is 16.4 Å². The Bertz CT molecular complexity index is 1010. The Hall–Kier alpha value is -3.00. The SMILES string of the molecule is CCOC(=O)C[C@H](N[S+]([O-])c1ccc(C)cc1)c1ccc(Oc2ccccc2OC)cc1. The van der Waals surface area contributed by atoms with Gasteiger partial charge in [0.2, 0.25) is 0 Å². The molecule has 168 valence electrons. The molecule has 0 spiro atoms. The first kappa shape index (κ1) is 23.7. The van der Waals surface area contributed by atoms with E-state index in [2.05, 4.69) is 4.72 Å². The minimum absolute atomic E-state index is 0.0537. The first-order valence-corrected chi connectivity index (χ1v) is 11.5. The maximum Gasteiger partial charge on any atom is 0.307 e. The maximum atomic E-state index is 12.9. The highest BCUT2D eigenvalue weighted by atomic mass is 32.2. The number of ether oxygens (including phenoxy) is 3. The Morgan fingerprint density at radius 2 is 1.66 bits per heavy atom. The second kappa shape index (κ2) is 11.6. The zero-order valence-electron chi connectivity index (χ0n) is 18.4. The number of rotatable bonds is 10. The van der Waals surface area contributed by atoms with E-state index in [1.165, 1.54) is 0 Å². The van der Waals surface area contributed by atoms with Crippen LogP contribution in [0.15, 0.2) is 77.7 Å². The van der Waals surface area contributed by atoms with Gasteiger partial charge in [-0.1, -0.05) is 42.0 Å². The lowest BCUT2D eigenvalue weighted by Crippen LogP contribution is -2.30. The van der Waals surface area contributed by atoms with E-state index in [0.29, 0.717) is 22.1 Å². The third-order valence-corrected chi connectivity index (χ3v) is 5.94. The number of carbonyl (C=O) groups excluding carboxylic acids is 1. The van der Waals surface area contributed by atoms with Gasteiger partial charge in [-0.3, -0.25) is 4.79 Å². The minimum Gasteiger partial charge on any atom is -0.593 e. The van der Waals surface area contributed by atoms with Crippen LogP contribution >= 0.6 is 0 Å². The number of benzene rings is 3. The smallest absolute Gasteiger partial charge is 0.307 e. The largest absolute Gasteiger partial charge is 0.593 e. The van der Waals surface area contributed by atoms with Crippen LogP contribution in [0.3, 0.4) is 0 Å². The van der Waals surface area contributed by atoms with Gasteiger partial charge in [0, 0.05) is 0 Å². The van der Waals surface area contributed by atoms with E-state index in [9.17, 15) is 9.35 Å². The van der Waals surface area contributed by atoms with E-state index >= 15 is 0 Å². The predicted molar refractivity (Wildman–Crippen MR) is 124 cm³/mol. The molecular formula is C25H27NO5S. The fraction of sp³-hybridized carbons (Fsp3) is 0.240. The maximum absolute atomic E-state index is 12.9. The van der Waals surface area contributed by atoms with Gasteiger partial charge in [-0.25, -0.2) is 0 Å². The summed E-state index contributed by atoms with van der Waals surface area (Å²) in [5.41, 5.74) is 1.88. The molecular weight excluding hydrogens is 426 g/mol. The van der Waals surface area contributed by atoms with E-state index in [-0.39, 0.29) is 19.0 Å². The molecule has 7 heteroatoms. The predicted octanol–water partition coefficient (Wildman–Crippen LogP) is 5.10. The first-order chi connectivity index (χ1) is 15.5. The Balaban J connectivity index is 1.77. The Morgan fingerprint density at radius 3 is 2.28 bits per heavy atom.